The molecule has 0 amide bonds. The maximum atomic E-state index is 13.1. The standard InChI is InChI=1S/C26H25ClFNO/c27-24-9-5-20(6-10-24)19-1-3-23(4-2-19)26(30)15-18-29-16-13-22(14-17-29)21-7-11-25(28)12-8-21/h1-13,26,30H,14-18H2. The molecule has 0 bridgehead atoms. The molecule has 0 saturated carbocycles. The molecule has 1 aliphatic heterocycles. The van der Waals surface area contributed by atoms with Gasteiger partial charge in [0.15, 0.2) is 0 Å². The summed E-state index contributed by atoms with van der Waals surface area (Å²) in [6, 6.07) is 22.5. The lowest BCUT2D eigenvalue weighted by Crippen LogP contribution is -2.30. The molecule has 0 radical (unpaired) electrons. The van der Waals surface area contributed by atoms with Crippen LogP contribution in [0.1, 0.15) is 30.1 Å². The number of benzene rings is 3. The summed E-state index contributed by atoms with van der Waals surface area (Å²) in [4.78, 5) is 2.35. The lowest BCUT2D eigenvalue weighted by molar-refractivity contribution is 0.145. The van der Waals surface area contributed by atoms with Gasteiger partial charge in [0.1, 0.15) is 5.82 Å². The molecule has 1 N–H and O–H groups in total. The molecule has 0 saturated heterocycles. The van der Waals surface area contributed by atoms with Gasteiger partial charge in [-0.3, -0.25) is 4.90 Å². The number of hydrogen-bond donors (Lipinski definition) is 1. The number of nitrogens with zero attached hydrogens (tertiary/aromatic N) is 1. The van der Waals surface area contributed by atoms with Crippen LogP contribution in [0, 0.1) is 5.82 Å². The highest BCUT2D eigenvalue weighted by atomic mass is 35.5. The van der Waals surface area contributed by atoms with E-state index in [-0.39, 0.29) is 5.82 Å². The zero-order valence-corrected chi connectivity index (χ0v) is 17.5. The fourth-order valence-electron chi connectivity index (χ4n) is 3.85. The minimum Gasteiger partial charge on any atom is -0.388 e. The van der Waals surface area contributed by atoms with Gasteiger partial charge in [0, 0.05) is 24.7 Å². The predicted molar refractivity (Wildman–Crippen MR) is 122 cm³/mol. The highest BCUT2D eigenvalue weighted by molar-refractivity contribution is 6.30. The van der Waals surface area contributed by atoms with Crippen LogP contribution < -0.4 is 0 Å². The molecule has 1 unspecified atom stereocenters. The fraction of sp³-hybridized carbons (Fsp3) is 0.231. The van der Waals surface area contributed by atoms with Crippen molar-refractivity contribution in [2.75, 3.05) is 19.6 Å². The van der Waals surface area contributed by atoms with Crippen LogP contribution in [0.2, 0.25) is 5.02 Å². The molecule has 1 aliphatic rings. The predicted octanol–water partition coefficient (Wildman–Crippen LogP) is 6.36. The van der Waals surface area contributed by atoms with Crippen molar-refractivity contribution < 1.29 is 9.50 Å². The number of halogens is 2. The molecule has 154 valence electrons. The second kappa shape index (κ2) is 9.57. The van der Waals surface area contributed by atoms with Crippen molar-refractivity contribution in [1.82, 2.24) is 4.90 Å². The van der Waals surface area contributed by atoms with Crippen LogP contribution in [0.3, 0.4) is 0 Å². The van der Waals surface area contributed by atoms with E-state index in [1.165, 1.54) is 17.7 Å². The average Bonchev–Trinajstić information content (AvgIpc) is 2.79. The molecular formula is C26H25ClFNO. The first-order valence-corrected chi connectivity index (χ1v) is 10.7. The van der Waals surface area contributed by atoms with Gasteiger partial charge in [-0.15, -0.1) is 0 Å². The summed E-state index contributed by atoms with van der Waals surface area (Å²) in [5, 5.41) is 11.3. The second-order valence-corrected chi connectivity index (χ2v) is 8.16. The third kappa shape index (κ3) is 5.17. The summed E-state index contributed by atoms with van der Waals surface area (Å²) in [6.07, 6.45) is 3.37. The molecule has 3 aromatic carbocycles. The topological polar surface area (TPSA) is 23.5 Å². The minimum absolute atomic E-state index is 0.202. The number of hydrogen-bond acceptors (Lipinski definition) is 2. The summed E-state index contributed by atoms with van der Waals surface area (Å²) in [5.74, 6) is -0.202. The maximum absolute atomic E-state index is 13.1. The van der Waals surface area contributed by atoms with Gasteiger partial charge >= 0.3 is 0 Å². The molecule has 0 spiro atoms. The Bertz CT molecular complexity index is 997. The van der Waals surface area contributed by atoms with E-state index in [4.69, 9.17) is 11.6 Å². The Morgan fingerprint density at radius 2 is 1.47 bits per heavy atom. The maximum Gasteiger partial charge on any atom is 0.123 e. The first-order chi connectivity index (χ1) is 14.6. The molecule has 1 heterocycles. The molecule has 2 nitrogen and oxygen atoms in total. The van der Waals surface area contributed by atoms with Gasteiger partial charge in [0.25, 0.3) is 0 Å². The van der Waals surface area contributed by atoms with E-state index in [1.807, 2.05) is 60.7 Å². The normalized spacial score (nSPS) is 15.6. The quantitative estimate of drug-likeness (QED) is 0.500. The molecular weight excluding hydrogens is 397 g/mol. The monoisotopic (exact) mass is 421 g/mol. The Hall–Kier alpha value is -2.46. The van der Waals surface area contributed by atoms with Crippen LogP contribution in [0.4, 0.5) is 4.39 Å². The number of rotatable bonds is 6. The van der Waals surface area contributed by atoms with Crippen LogP contribution >= 0.6 is 11.6 Å². The van der Waals surface area contributed by atoms with Gasteiger partial charge < -0.3 is 5.11 Å². The van der Waals surface area contributed by atoms with E-state index < -0.39 is 6.10 Å². The summed E-state index contributed by atoms with van der Waals surface area (Å²) in [6.45, 7) is 2.65. The largest absolute Gasteiger partial charge is 0.388 e. The molecule has 4 rings (SSSR count). The van der Waals surface area contributed by atoms with Gasteiger partial charge in [-0.05, 0) is 64.9 Å². The first kappa shape index (κ1) is 20.8. The van der Waals surface area contributed by atoms with Crippen LogP contribution in [0.5, 0.6) is 0 Å². The lowest BCUT2D eigenvalue weighted by atomic mass is 9.98. The Morgan fingerprint density at radius 3 is 2.07 bits per heavy atom. The third-order valence-electron chi connectivity index (χ3n) is 5.70. The Labute approximate surface area is 182 Å². The Kier molecular flexibility index (Phi) is 6.63. The highest BCUT2D eigenvalue weighted by Gasteiger charge is 2.15. The fourth-order valence-corrected chi connectivity index (χ4v) is 3.98. The highest BCUT2D eigenvalue weighted by Crippen LogP contribution is 2.26. The van der Waals surface area contributed by atoms with Crippen molar-refractivity contribution in [2.45, 2.75) is 18.9 Å². The van der Waals surface area contributed by atoms with Crippen molar-refractivity contribution in [2.24, 2.45) is 0 Å². The van der Waals surface area contributed by atoms with Gasteiger partial charge in [-0.25, -0.2) is 4.39 Å². The third-order valence-corrected chi connectivity index (χ3v) is 5.95. The van der Waals surface area contributed by atoms with Crippen molar-refractivity contribution in [3.05, 3.63) is 101 Å². The van der Waals surface area contributed by atoms with Crippen molar-refractivity contribution in [1.29, 1.82) is 0 Å². The van der Waals surface area contributed by atoms with E-state index >= 15 is 0 Å². The molecule has 30 heavy (non-hydrogen) atoms. The van der Waals surface area contributed by atoms with E-state index in [0.29, 0.717) is 6.42 Å². The molecule has 0 aromatic heterocycles. The smallest absolute Gasteiger partial charge is 0.123 e. The second-order valence-electron chi connectivity index (χ2n) is 7.72. The zero-order valence-electron chi connectivity index (χ0n) is 16.8. The van der Waals surface area contributed by atoms with E-state index in [0.717, 1.165) is 53.3 Å². The Balaban J connectivity index is 1.30. The molecule has 3 aromatic rings. The average molecular weight is 422 g/mol. The minimum atomic E-state index is -0.480. The Morgan fingerprint density at radius 1 is 0.867 bits per heavy atom. The zero-order chi connectivity index (χ0) is 20.9. The molecule has 4 heteroatoms. The summed E-state index contributed by atoms with van der Waals surface area (Å²) >= 11 is 5.96. The molecule has 0 fully saturated rings. The summed E-state index contributed by atoms with van der Waals surface area (Å²) in [7, 11) is 0. The van der Waals surface area contributed by atoms with Gasteiger partial charge in [0.2, 0.25) is 0 Å². The van der Waals surface area contributed by atoms with Crippen molar-refractivity contribution >= 4 is 17.2 Å². The van der Waals surface area contributed by atoms with Gasteiger partial charge in [-0.1, -0.05) is 66.2 Å². The molecule has 1 atom stereocenters. The van der Waals surface area contributed by atoms with E-state index in [2.05, 4.69) is 11.0 Å². The summed E-state index contributed by atoms with van der Waals surface area (Å²) in [5.41, 5.74) is 5.52. The van der Waals surface area contributed by atoms with Crippen LogP contribution in [0.15, 0.2) is 78.9 Å². The van der Waals surface area contributed by atoms with Crippen molar-refractivity contribution in [3.63, 3.8) is 0 Å². The van der Waals surface area contributed by atoms with Gasteiger partial charge in [0.05, 0.1) is 6.10 Å². The van der Waals surface area contributed by atoms with Crippen molar-refractivity contribution in [3.8, 4) is 11.1 Å². The van der Waals surface area contributed by atoms with E-state index in [9.17, 15) is 9.50 Å². The first-order valence-electron chi connectivity index (χ1n) is 10.3. The summed E-state index contributed by atoms with van der Waals surface area (Å²) < 4.78 is 13.1. The molecule has 0 aliphatic carbocycles. The van der Waals surface area contributed by atoms with Crippen LogP contribution in [-0.4, -0.2) is 29.6 Å². The van der Waals surface area contributed by atoms with Crippen LogP contribution in [-0.2, 0) is 0 Å². The lowest BCUT2D eigenvalue weighted by Gasteiger charge is -2.27. The SMILES string of the molecule is OC(CCN1CC=C(c2ccc(F)cc2)CC1)c1ccc(-c2ccc(Cl)cc2)cc1. The number of aliphatic hydroxyl groups excluding tert-OH is 1. The number of aliphatic hydroxyl groups is 1. The van der Waals surface area contributed by atoms with Crippen LogP contribution in [0.25, 0.3) is 16.7 Å². The van der Waals surface area contributed by atoms with E-state index in [1.54, 1.807) is 0 Å². The van der Waals surface area contributed by atoms with Gasteiger partial charge in [-0.2, -0.15) is 0 Å².